The maximum atomic E-state index is 12.8. The van der Waals surface area contributed by atoms with Gasteiger partial charge in [0, 0.05) is 23.8 Å². The maximum absolute atomic E-state index is 12.8. The van der Waals surface area contributed by atoms with Crippen LogP contribution >= 0.6 is 0 Å². The molecule has 0 unspecified atom stereocenters. The molecule has 0 bridgehead atoms. The third-order valence-electron chi connectivity index (χ3n) is 4.52. The van der Waals surface area contributed by atoms with Gasteiger partial charge in [-0.1, -0.05) is 31.1 Å². The summed E-state index contributed by atoms with van der Waals surface area (Å²) in [6.45, 7) is 5.61. The van der Waals surface area contributed by atoms with Gasteiger partial charge in [-0.25, -0.2) is 8.42 Å². The standard InChI is InChI=1S/C20H20N4O6S/c1-11(2)18-22-20(30-23-18)14-7-5-6-12(3)17(14)21-19(25)13-8-9-16(31(4,28)29)15(10-13)24(26)27/h5-11H,1-4H3,(H,21,25). The lowest BCUT2D eigenvalue weighted by Crippen LogP contribution is -2.15. The zero-order chi connectivity index (χ0) is 22.9. The number of aromatic nitrogens is 2. The SMILES string of the molecule is Cc1cccc(-c2nc(C(C)C)no2)c1NC(=O)c1ccc(S(C)(=O)=O)c([N+](=O)[O-])c1. The van der Waals surface area contributed by atoms with Crippen molar-refractivity contribution < 1.29 is 22.7 Å². The number of hydrogen-bond donors (Lipinski definition) is 1. The fourth-order valence-electron chi connectivity index (χ4n) is 2.89. The first-order valence-electron chi connectivity index (χ1n) is 9.22. The summed E-state index contributed by atoms with van der Waals surface area (Å²) in [4.78, 5) is 27.2. The molecule has 31 heavy (non-hydrogen) atoms. The Morgan fingerprint density at radius 2 is 1.94 bits per heavy atom. The number of carbonyl (C=O) groups excluding carboxylic acids is 1. The monoisotopic (exact) mass is 444 g/mol. The van der Waals surface area contributed by atoms with Gasteiger partial charge in [-0.3, -0.25) is 14.9 Å². The van der Waals surface area contributed by atoms with Gasteiger partial charge in [-0.2, -0.15) is 4.98 Å². The third kappa shape index (κ3) is 4.61. The van der Waals surface area contributed by atoms with E-state index in [9.17, 15) is 23.3 Å². The number of sulfone groups is 1. The predicted octanol–water partition coefficient (Wildman–Crippen LogP) is 3.73. The number of para-hydroxylation sites is 1. The van der Waals surface area contributed by atoms with Gasteiger partial charge in [0.1, 0.15) is 4.90 Å². The third-order valence-corrected chi connectivity index (χ3v) is 5.66. The molecule has 1 aromatic heterocycles. The van der Waals surface area contributed by atoms with Gasteiger partial charge in [0.05, 0.1) is 16.2 Å². The second kappa shape index (κ2) is 8.26. The van der Waals surface area contributed by atoms with Crippen molar-refractivity contribution in [2.24, 2.45) is 0 Å². The van der Waals surface area contributed by atoms with Crippen molar-refractivity contribution in [1.29, 1.82) is 0 Å². The van der Waals surface area contributed by atoms with E-state index >= 15 is 0 Å². The van der Waals surface area contributed by atoms with Crippen LogP contribution in [0.5, 0.6) is 0 Å². The molecule has 0 fully saturated rings. The highest BCUT2D eigenvalue weighted by Crippen LogP contribution is 2.32. The molecule has 3 rings (SSSR count). The van der Waals surface area contributed by atoms with E-state index in [1.807, 2.05) is 13.8 Å². The largest absolute Gasteiger partial charge is 0.334 e. The van der Waals surface area contributed by atoms with E-state index in [0.29, 0.717) is 22.6 Å². The van der Waals surface area contributed by atoms with E-state index in [0.717, 1.165) is 18.4 Å². The lowest BCUT2D eigenvalue weighted by Gasteiger charge is -2.12. The number of anilines is 1. The van der Waals surface area contributed by atoms with Crippen LogP contribution < -0.4 is 5.32 Å². The van der Waals surface area contributed by atoms with Crippen molar-refractivity contribution >= 4 is 27.1 Å². The summed E-state index contributed by atoms with van der Waals surface area (Å²) in [6.07, 6.45) is 0.866. The maximum Gasteiger partial charge on any atom is 0.288 e. The van der Waals surface area contributed by atoms with Crippen molar-refractivity contribution in [1.82, 2.24) is 10.1 Å². The molecule has 2 aromatic carbocycles. The quantitative estimate of drug-likeness (QED) is 0.447. The zero-order valence-corrected chi connectivity index (χ0v) is 18.1. The van der Waals surface area contributed by atoms with Crippen LogP contribution in [0.3, 0.4) is 0 Å². The van der Waals surface area contributed by atoms with Gasteiger partial charge in [-0.15, -0.1) is 0 Å². The minimum Gasteiger partial charge on any atom is -0.334 e. The molecule has 0 spiro atoms. The molecular weight excluding hydrogens is 424 g/mol. The molecule has 0 aliphatic heterocycles. The summed E-state index contributed by atoms with van der Waals surface area (Å²) in [6, 6.07) is 8.45. The summed E-state index contributed by atoms with van der Waals surface area (Å²) in [5.41, 5.74) is 0.869. The molecule has 0 aliphatic rings. The van der Waals surface area contributed by atoms with Gasteiger partial charge in [0.2, 0.25) is 0 Å². The van der Waals surface area contributed by atoms with Crippen LogP contribution in [0.4, 0.5) is 11.4 Å². The second-order valence-corrected chi connectivity index (χ2v) is 9.26. The highest BCUT2D eigenvalue weighted by molar-refractivity contribution is 7.90. The molecule has 1 heterocycles. The smallest absolute Gasteiger partial charge is 0.288 e. The molecule has 0 saturated heterocycles. The van der Waals surface area contributed by atoms with Crippen molar-refractivity contribution in [2.45, 2.75) is 31.6 Å². The lowest BCUT2D eigenvalue weighted by atomic mass is 10.1. The molecule has 10 nitrogen and oxygen atoms in total. The molecule has 0 saturated carbocycles. The molecule has 1 N–H and O–H groups in total. The molecule has 0 aliphatic carbocycles. The van der Waals surface area contributed by atoms with Crippen LogP contribution in [0.1, 0.15) is 41.5 Å². The van der Waals surface area contributed by atoms with Crippen LogP contribution in [0.25, 0.3) is 11.5 Å². The van der Waals surface area contributed by atoms with Crippen molar-refractivity contribution in [2.75, 3.05) is 11.6 Å². The van der Waals surface area contributed by atoms with Crippen LogP contribution in [0.15, 0.2) is 45.8 Å². The summed E-state index contributed by atoms with van der Waals surface area (Å²) in [5, 5.41) is 18.0. The minimum atomic E-state index is -3.84. The normalized spacial score (nSPS) is 11.5. The average Bonchev–Trinajstić information content (AvgIpc) is 3.18. The Bertz CT molecular complexity index is 1280. The van der Waals surface area contributed by atoms with Crippen molar-refractivity contribution in [3.8, 4) is 11.5 Å². The van der Waals surface area contributed by atoms with Gasteiger partial charge in [-0.05, 0) is 30.7 Å². The van der Waals surface area contributed by atoms with E-state index < -0.39 is 31.3 Å². The number of amides is 1. The minimum absolute atomic E-state index is 0.0502. The molecule has 162 valence electrons. The van der Waals surface area contributed by atoms with E-state index in [1.165, 1.54) is 6.07 Å². The molecule has 1 amide bonds. The molecule has 0 radical (unpaired) electrons. The number of nitro groups is 1. The number of nitrogens with zero attached hydrogens (tertiary/aromatic N) is 3. The molecule has 11 heteroatoms. The highest BCUT2D eigenvalue weighted by Gasteiger charge is 2.25. The first-order chi connectivity index (χ1) is 14.5. The lowest BCUT2D eigenvalue weighted by molar-refractivity contribution is -0.387. The summed E-state index contributed by atoms with van der Waals surface area (Å²) in [7, 11) is -3.84. The number of nitro benzene ring substituents is 1. The Hall–Kier alpha value is -3.60. The van der Waals surface area contributed by atoms with E-state index in [4.69, 9.17) is 4.52 Å². The fraction of sp³-hybridized carbons (Fsp3) is 0.250. The molecular formula is C20H20N4O6S. The van der Waals surface area contributed by atoms with Crippen LogP contribution in [-0.2, 0) is 9.84 Å². The topological polar surface area (TPSA) is 145 Å². The number of hydrogen-bond acceptors (Lipinski definition) is 8. The summed E-state index contributed by atoms with van der Waals surface area (Å²) >= 11 is 0. The van der Waals surface area contributed by atoms with Gasteiger partial charge >= 0.3 is 0 Å². The fourth-order valence-corrected chi connectivity index (χ4v) is 3.72. The van der Waals surface area contributed by atoms with Crippen LogP contribution in [-0.4, -0.2) is 35.6 Å². The average molecular weight is 444 g/mol. The van der Waals surface area contributed by atoms with Crippen LogP contribution in [0.2, 0.25) is 0 Å². The zero-order valence-electron chi connectivity index (χ0n) is 17.2. The van der Waals surface area contributed by atoms with Gasteiger partial charge in [0.15, 0.2) is 15.7 Å². The summed E-state index contributed by atoms with van der Waals surface area (Å²) < 4.78 is 28.9. The van der Waals surface area contributed by atoms with Crippen molar-refractivity contribution in [3.63, 3.8) is 0 Å². The molecule has 3 aromatic rings. The highest BCUT2D eigenvalue weighted by atomic mass is 32.2. The number of rotatable bonds is 6. The summed E-state index contributed by atoms with van der Waals surface area (Å²) in [5.74, 6) is 0.137. The first kappa shape index (κ1) is 22.1. The van der Waals surface area contributed by atoms with E-state index in [2.05, 4.69) is 15.5 Å². The number of aryl methyl sites for hydroxylation is 1. The van der Waals surface area contributed by atoms with Gasteiger partial charge in [0.25, 0.3) is 17.5 Å². The Morgan fingerprint density at radius 1 is 1.23 bits per heavy atom. The predicted molar refractivity (Wildman–Crippen MR) is 113 cm³/mol. The Balaban J connectivity index is 2.01. The van der Waals surface area contributed by atoms with Crippen molar-refractivity contribution in [3.05, 3.63) is 63.5 Å². The van der Waals surface area contributed by atoms with E-state index in [-0.39, 0.29) is 17.4 Å². The first-order valence-corrected chi connectivity index (χ1v) is 11.1. The molecule has 0 atom stereocenters. The second-order valence-electron chi connectivity index (χ2n) is 7.28. The van der Waals surface area contributed by atoms with Crippen LogP contribution in [0, 0.1) is 17.0 Å². The van der Waals surface area contributed by atoms with E-state index in [1.54, 1.807) is 25.1 Å². The van der Waals surface area contributed by atoms with Gasteiger partial charge < -0.3 is 9.84 Å². The Morgan fingerprint density at radius 3 is 2.52 bits per heavy atom. The Labute approximate surface area is 178 Å². The number of nitrogens with one attached hydrogen (secondary N) is 1. The number of carbonyl (C=O) groups is 1. The number of benzene rings is 2. The Kier molecular flexibility index (Phi) is 5.89.